The van der Waals surface area contributed by atoms with Gasteiger partial charge in [0.2, 0.25) is 0 Å². The molecule has 0 bridgehead atoms. The molecular weight excluding hydrogens is 502 g/mol. The van der Waals surface area contributed by atoms with Gasteiger partial charge in [-0.2, -0.15) is 0 Å². The van der Waals surface area contributed by atoms with Crippen LogP contribution in [0.5, 0.6) is 11.5 Å². The summed E-state index contributed by atoms with van der Waals surface area (Å²) in [6.07, 6.45) is -0.537. The molecule has 2 aromatic carbocycles. The van der Waals surface area contributed by atoms with Gasteiger partial charge in [0.05, 0.1) is 39.6 Å². The van der Waals surface area contributed by atoms with Crippen LogP contribution in [0, 0.1) is 0 Å². The summed E-state index contributed by atoms with van der Waals surface area (Å²) in [5.41, 5.74) is 1.40. The van der Waals surface area contributed by atoms with Gasteiger partial charge in [0.1, 0.15) is 17.1 Å². The zero-order valence-electron chi connectivity index (χ0n) is 23.6. The van der Waals surface area contributed by atoms with Gasteiger partial charge in [-0.25, -0.2) is 9.59 Å². The largest absolute Gasteiger partial charge is 0.496 e. The number of carboxylic acid groups (broad SMARTS) is 1. The van der Waals surface area contributed by atoms with Crippen LogP contribution in [-0.4, -0.2) is 73.3 Å². The number of carbonyl (C=O) groups excluding carboxylic acids is 1. The maximum absolute atomic E-state index is 12.6. The minimum Gasteiger partial charge on any atom is -0.496 e. The molecule has 0 aliphatic carbocycles. The fourth-order valence-electron chi connectivity index (χ4n) is 4.42. The Morgan fingerprint density at radius 1 is 1.08 bits per heavy atom. The maximum atomic E-state index is 12.6. The van der Waals surface area contributed by atoms with Crippen molar-refractivity contribution in [1.29, 1.82) is 0 Å². The van der Waals surface area contributed by atoms with Gasteiger partial charge in [-0.3, -0.25) is 0 Å². The number of hydrogen-bond acceptors (Lipinski definition) is 7. The first kappa shape index (κ1) is 30.2. The maximum Gasteiger partial charge on any atom is 0.410 e. The molecule has 1 fully saturated rings. The molecule has 1 heterocycles. The number of piperidine rings is 1. The van der Waals surface area contributed by atoms with Gasteiger partial charge < -0.3 is 33.7 Å². The van der Waals surface area contributed by atoms with E-state index in [1.165, 1.54) is 6.92 Å². The number of benzene rings is 2. The Labute approximate surface area is 230 Å². The number of para-hydroxylation sites is 1. The van der Waals surface area contributed by atoms with Gasteiger partial charge in [0.25, 0.3) is 0 Å². The average Bonchev–Trinajstić information content (AvgIpc) is 2.90. The third-order valence-electron chi connectivity index (χ3n) is 6.40. The van der Waals surface area contributed by atoms with Crippen LogP contribution in [0.1, 0.15) is 57.6 Å². The molecular formula is C30H41NO8. The second-order valence-corrected chi connectivity index (χ2v) is 10.6. The van der Waals surface area contributed by atoms with Gasteiger partial charge in [-0.05, 0) is 57.9 Å². The Hall–Kier alpha value is -3.30. The first-order valence-electron chi connectivity index (χ1n) is 13.4. The van der Waals surface area contributed by atoms with Crippen molar-refractivity contribution in [3.63, 3.8) is 0 Å². The fraction of sp³-hybridized carbons (Fsp3) is 0.533. The predicted octanol–water partition coefficient (Wildman–Crippen LogP) is 5.26. The monoisotopic (exact) mass is 543 g/mol. The minimum absolute atomic E-state index is 0.0667. The standard InChI is InChI=1S/C30H41NO8/c1-21(28(32)33)38-27-19-31(29(34)39-30(2,3)4)16-15-25(27)22-11-13-24(14-12-22)37-18-8-17-36-20-23-9-6-7-10-26(23)35-5/h6-7,9-14,21,25,27H,8,15-20H2,1-5H3,(H,32,33). The number of hydrogen-bond donors (Lipinski definition) is 1. The van der Waals surface area contributed by atoms with Crippen molar-refractivity contribution < 1.29 is 38.4 Å². The Morgan fingerprint density at radius 3 is 2.46 bits per heavy atom. The fourth-order valence-corrected chi connectivity index (χ4v) is 4.42. The smallest absolute Gasteiger partial charge is 0.410 e. The van der Waals surface area contributed by atoms with Crippen LogP contribution in [-0.2, 0) is 25.6 Å². The molecule has 9 nitrogen and oxygen atoms in total. The zero-order chi connectivity index (χ0) is 28.4. The minimum atomic E-state index is -1.04. The van der Waals surface area contributed by atoms with Crippen molar-refractivity contribution >= 4 is 12.1 Å². The number of carboxylic acids is 1. The molecule has 3 rings (SSSR count). The van der Waals surface area contributed by atoms with E-state index in [-0.39, 0.29) is 12.5 Å². The number of carbonyl (C=O) groups is 2. The van der Waals surface area contributed by atoms with E-state index >= 15 is 0 Å². The summed E-state index contributed by atoms with van der Waals surface area (Å²) < 4.78 is 28.4. The van der Waals surface area contributed by atoms with Crippen LogP contribution in [0.4, 0.5) is 4.79 Å². The molecule has 39 heavy (non-hydrogen) atoms. The highest BCUT2D eigenvalue weighted by Crippen LogP contribution is 2.33. The van der Waals surface area contributed by atoms with E-state index in [2.05, 4.69) is 0 Å². The van der Waals surface area contributed by atoms with Gasteiger partial charge >= 0.3 is 12.1 Å². The highest BCUT2D eigenvalue weighted by molar-refractivity contribution is 5.71. The van der Waals surface area contributed by atoms with Crippen molar-refractivity contribution in [3.8, 4) is 11.5 Å². The van der Waals surface area contributed by atoms with Crippen molar-refractivity contribution in [1.82, 2.24) is 4.90 Å². The molecule has 1 aliphatic rings. The first-order chi connectivity index (χ1) is 18.6. The van der Waals surface area contributed by atoms with E-state index in [4.69, 9.17) is 23.7 Å². The molecule has 1 N–H and O–H groups in total. The average molecular weight is 544 g/mol. The third-order valence-corrected chi connectivity index (χ3v) is 6.40. The summed E-state index contributed by atoms with van der Waals surface area (Å²) in [6.45, 7) is 9.26. The molecule has 1 amide bonds. The van der Waals surface area contributed by atoms with E-state index in [0.29, 0.717) is 32.8 Å². The van der Waals surface area contributed by atoms with E-state index < -0.39 is 29.9 Å². The topological polar surface area (TPSA) is 104 Å². The number of amides is 1. The molecule has 214 valence electrons. The van der Waals surface area contributed by atoms with Crippen LogP contribution in [0.25, 0.3) is 0 Å². The normalized spacial score (nSPS) is 18.3. The predicted molar refractivity (Wildman–Crippen MR) is 146 cm³/mol. The number of ether oxygens (including phenoxy) is 5. The lowest BCUT2D eigenvalue weighted by molar-refractivity contribution is -0.155. The van der Waals surface area contributed by atoms with Crippen molar-refractivity contribution in [2.45, 2.75) is 70.9 Å². The van der Waals surface area contributed by atoms with Crippen molar-refractivity contribution in [3.05, 3.63) is 59.7 Å². The number of methoxy groups -OCH3 is 1. The molecule has 3 atom stereocenters. The van der Waals surface area contributed by atoms with Gasteiger partial charge in [-0.15, -0.1) is 0 Å². The molecule has 9 heteroatoms. The second-order valence-electron chi connectivity index (χ2n) is 10.6. The van der Waals surface area contributed by atoms with Crippen LogP contribution in [0.15, 0.2) is 48.5 Å². The lowest BCUT2D eigenvalue weighted by Gasteiger charge is -2.39. The highest BCUT2D eigenvalue weighted by Gasteiger charge is 2.36. The van der Waals surface area contributed by atoms with E-state index in [9.17, 15) is 14.7 Å². The molecule has 3 unspecified atom stereocenters. The Bertz CT molecular complexity index is 1070. The Morgan fingerprint density at radius 2 is 1.79 bits per heavy atom. The Balaban J connectivity index is 1.52. The zero-order valence-corrected chi connectivity index (χ0v) is 23.6. The lowest BCUT2D eigenvalue weighted by Crippen LogP contribution is -2.49. The lowest BCUT2D eigenvalue weighted by atomic mass is 9.87. The molecule has 0 radical (unpaired) electrons. The molecule has 0 spiro atoms. The van der Waals surface area contributed by atoms with Crippen molar-refractivity contribution in [2.75, 3.05) is 33.4 Å². The SMILES string of the molecule is COc1ccccc1COCCCOc1ccc(C2CCN(C(=O)OC(C)(C)C)CC2OC(C)C(=O)O)cc1. The summed E-state index contributed by atoms with van der Waals surface area (Å²) in [6, 6.07) is 15.5. The number of rotatable bonds is 12. The summed E-state index contributed by atoms with van der Waals surface area (Å²) in [7, 11) is 1.65. The number of aliphatic carboxylic acids is 1. The van der Waals surface area contributed by atoms with Crippen LogP contribution in [0.2, 0.25) is 0 Å². The van der Waals surface area contributed by atoms with E-state index in [0.717, 1.165) is 29.0 Å². The molecule has 2 aromatic rings. The summed E-state index contributed by atoms with van der Waals surface area (Å²) >= 11 is 0. The van der Waals surface area contributed by atoms with Crippen LogP contribution in [0.3, 0.4) is 0 Å². The highest BCUT2D eigenvalue weighted by atomic mass is 16.6. The van der Waals surface area contributed by atoms with E-state index in [1.807, 2.05) is 69.3 Å². The quantitative estimate of drug-likeness (QED) is 0.362. The molecule has 1 saturated heterocycles. The van der Waals surface area contributed by atoms with Gasteiger partial charge in [-0.1, -0.05) is 30.3 Å². The molecule has 0 aromatic heterocycles. The van der Waals surface area contributed by atoms with Gasteiger partial charge in [0, 0.05) is 24.4 Å². The molecule has 0 saturated carbocycles. The summed E-state index contributed by atoms with van der Waals surface area (Å²) in [5, 5.41) is 9.39. The van der Waals surface area contributed by atoms with E-state index in [1.54, 1.807) is 12.0 Å². The first-order valence-corrected chi connectivity index (χ1v) is 13.4. The summed E-state index contributed by atoms with van der Waals surface area (Å²) in [4.78, 5) is 25.7. The second kappa shape index (κ2) is 14.2. The van der Waals surface area contributed by atoms with Crippen molar-refractivity contribution in [2.24, 2.45) is 0 Å². The third kappa shape index (κ3) is 9.44. The summed E-state index contributed by atoms with van der Waals surface area (Å²) in [5.74, 6) is 0.446. The number of likely N-dealkylation sites (tertiary alicyclic amines) is 1. The number of nitrogens with zero attached hydrogens (tertiary/aromatic N) is 1. The Kier molecular flexibility index (Phi) is 11.0. The van der Waals surface area contributed by atoms with Gasteiger partial charge in [0.15, 0.2) is 6.10 Å². The van der Waals surface area contributed by atoms with Crippen LogP contribution < -0.4 is 9.47 Å². The molecule has 1 aliphatic heterocycles. The van der Waals surface area contributed by atoms with Crippen LogP contribution >= 0.6 is 0 Å².